The molecule has 0 saturated carbocycles. The Morgan fingerprint density at radius 1 is 0.531 bits per heavy atom. The van der Waals surface area contributed by atoms with E-state index in [1.54, 1.807) is 39.0 Å². The summed E-state index contributed by atoms with van der Waals surface area (Å²) in [5.41, 5.74) is 2.31. The molecule has 0 aliphatic rings. The molecule has 0 spiro atoms. The molecule has 0 N–H and O–H groups in total. The quantitative estimate of drug-likeness (QED) is 0.0627. The highest BCUT2D eigenvalue weighted by atomic mass is 16.7. The van der Waals surface area contributed by atoms with E-state index < -0.39 is 17.4 Å². The molecule has 49 heavy (non-hydrogen) atoms. The number of ketones is 1. The van der Waals surface area contributed by atoms with Crippen LogP contribution < -0.4 is 18.9 Å². The minimum absolute atomic E-state index is 0.0946. The van der Waals surface area contributed by atoms with Crippen molar-refractivity contribution in [3.63, 3.8) is 0 Å². The number of esters is 1. The zero-order valence-electron chi connectivity index (χ0n) is 28.1. The van der Waals surface area contributed by atoms with E-state index in [-0.39, 0.29) is 60.6 Å². The Morgan fingerprint density at radius 3 is 1.37 bits per heavy atom. The van der Waals surface area contributed by atoms with Gasteiger partial charge in [-0.25, -0.2) is 4.79 Å². The predicted octanol–water partition coefficient (Wildman–Crippen LogP) is 8.59. The van der Waals surface area contributed by atoms with Crippen molar-refractivity contribution in [1.82, 2.24) is 0 Å². The number of carbonyl (C=O) groups is 2. The SMILES string of the molecule is COCOc1cccc(OCc2ccccc2)c1C(=O)c1c(OCc2ccccc2)cc(C(=O)OC(C)(C)C)cc1OCc1ccccc1. The Hall–Kier alpha value is -5.60. The van der Waals surface area contributed by atoms with Gasteiger partial charge in [-0.2, -0.15) is 0 Å². The zero-order valence-corrected chi connectivity index (χ0v) is 28.1. The number of hydrogen-bond acceptors (Lipinski definition) is 8. The van der Waals surface area contributed by atoms with Gasteiger partial charge in [-0.3, -0.25) is 4.79 Å². The first-order valence-corrected chi connectivity index (χ1v) is 15.9. The lowest BCUT2D eigenvalue weighted by Gasteiger charge is -2.22. The summed E-state index contributed by atoms with van der Waals surface area (Å²) in [5, 5.41) is 0. The van der Waals surface area contributed by atoms with Gasteiger partial charge >= 0.3 is 5.97 Å². The summed E-state index contributed by atoms with van der Waals surface area (Å²) in [6.45, 7) is 5.71. The molecule has 8 nitrogen and oxygen atoms in total. The van der Waals surface area contributed by atoms with Crippen molar-refractivity contribution in [2.45, 2.75) is 46.2 Å². The lowest BCUT2D eigenvalue weighted by atomic mass is 9.97. The number of carbonyl (C=O) groups excluding carboxylic acids is 2. The van der Waals surface area contributed by atoms with Gasteiger partial charge in [0, 0.05) is 7.11 Å². The summed E-state index contributed by atoms with van der Waals surface area (Å²) < 4.78 is 35.7. The molecular weight excluding hydrogens is 620 g/mol. The Labute approximate surface area is 287 Å². The van der Waals surface area contributed by atoms with Crippen molar-refractivity contribution in [3.8, 4) is 23.0 Å². The third-order valence-corrected chi connectivity index (χ3v) is 7.19. The molecule has 8 heteroatoms. The summed E-state index contributed by atoms with van der Waals surface area (Å²) in [6.07, 6.45) is 0. The highest BCUT2D eigenvalue weighted by Gasteiger charge is 2.30. The molecule has 0 radical (unpaired) electrons. The van der Waals surface area contributed by atoms with Crippen molar-refractivity contribution in [2.24, 2.45) is 0 Å². The molecule has 5 rings (SSSR count). The van der Waals surface area contributed by atoms with E-state index in [1.807, 2.05) is 91.0 Å². The van der Waals surface area contributed by atoms with Crippen LogP contribution in [0.1, 0.15) is 63.7 Å². The molecule has 0 atom stereocenters. The van der Waals surface area contributed by atoms with E-state index in [1.165, 1.54) is 19.2 Å². The fourth-order valence-corrected chi connectivity index (χ4v) is 4.92. The van der Waals surface area contributed by atoms with Crippen molar-refractivity contribution < 1.29 is 38.0 Å². The van der Waals surface area contributed by atoms with Gasteiger partial charge in [0.25, 0.3) is 0 Å². The lowest BCUT2D eigenvalue weighted by Crippen LogP contribution is -2.24. The lowest BCUT2D eigenvalue weighted by molar-refractivity contribution is 0.00682. The minimum Gasteiger partial charge on any atom is -0.488 e. The van der Waals surface area contributed by atoms with Crippen molar-refractivity contribution in [1.29, 1.82) is 0 Å². The highest BCUT2D eigenvalue weighted by Crippen LogP contribution is 2.40. The van der Waals surface area contributed by atoms with Crippen LogP contribution in [0.25, 0.3) is 0 Å². The van der Waals surface area contributed by atoms with E-state index >= 15 is 0 Å². The van der Waals surface area contributed by atoms with Gasteiger partial charge in [0.05, 0.1) is 5.56 Å². The molecule has 0 saturated heterocycles. The fourth-order valence-electron chi connectivity index (χ4n) is 4.92. The first-order valence-electron chi connectivity index (χ1n) is 15.9. The molecule has 0 amide bonds. The van der Waals surface area contributed by atoms with E-state index in [4.69, 9.17) is 28.4 Å². The Bertz CT molecular complexity index is 1770. The number of hydrogen-bond donors (Lipinski definition) is 0. The van der Waals surface area contributed by atoms with Gasteiger partial charge in [0.2, 0.25) is 5.78 Å². The van der Waals surface area contributed by atoms with Gasteiger partial charge in [-0.1, -0.05) is 97.1 Å². The first kappa shape index (κ1) is 34.7. The average Bonchev–Trinajstić information content (AvgIpc) is 3.11. The first-order chi connectivity index (χ1) is 23.7. The molecule has 0 aliphatic carbocycles. The minimum atomic E-state index is -0.760. The predicted molar refractivity (Wildman–Crippen MR) is 186 cm³/mol. The largest absolute Gasteiger partial charge is 0.488 e. The van der Waals surface area contributed by atoms with E-state index in [0.717, 1.165) is 16.7 Å². The van der Waals surface area contributed by atoms with Crippen molar-refractivity contribution in [3.05, 3.63) is 155 Å². The zero-order chi connectivity index (χ0) is 34.6. The number of ether oxygens (including phenoxy) is 6. The molecule has 0 unspecified atom stereocenters. The molecule has 0 fully saturated rings. The van der Waals surface area contributed by atoms with E-state index in [2.05, 4.69) is 0 Å². The average molecular weight is 661 g/mol. The second-order valence-corrected chi connectivity index (χ2v) is 12.2. The van der Waals surface area contributed by atoms with Crippen LogP contribution in [-0.2, 0) is 29.3 Å². The van der Waals surface area contributed by atoms with Crippen LogP contribution in [0.2, 0.25) is 0 Å². The van der Waals surface area contributed by atoms with Crippen molar-refractivity contribution >= 4 is 11.8 Å². The summed E-state index contributed by atoms with van der Waals surface area (Å²) in [5.74, 6) is -0.266. The van der Waals surface area contributed by atoms with Crippen LogP contribution in [-0.4, -0.2) is 31.3 Å². The third-order valence-electron chi connectivity index (χ3n) is 7.19. The molecular formula is C41H40O8. The molecule has 252 valence electrons. The van der Waals surface area contributed by atoms with Gasteiger partial charge < -0.3 is 28.4 Å². The Morgan fingerprint density at radius 2 is 0.939 bits per heavy atom. The van der Waals surface area contributed by atoms with Crippen LogP contribution in [0.4, 0.5) is 0 Å². The topological polar surface area (TPSA) is 89.5 Å². The van der Waals surface area contributed by atoms with Gasteiger partial charge in [-0.15, -0.1) is 0 Å². The molecule has 0 aromatic heterocycles. The molecule has 0 heterocycles. The number of benzene rings is 5. The van der Waals surface area contributed by atoms with Crippen molar-refractivity contribution in [2.75, 3.05) is 13.9 Å². The maximum Gasteiger partial charge on any atom is 0.338 e. The normalized spacial score (nSPS) is 11.0. The number of methoxy groups -OCH3 is 1. The third kappa shape index (κ3) is 9.72. The summed E-state index contributed by atoms with van der Waals surface area (Å²) in [7, 11) is 1.50. The fraction of sp³-hybridized carbons (Fsp3) is 0.220. The van der Waals surface area contributed by atoms with Crippen LogP contribution in [0.5, 0.6) is 23.0 Å². The van der Waals surface area contributed by atoms with Crippen LogP contribution in [0.15, 0.2) is 121 Å². The number of rotatable bonds is 15. The maximum atomic E-state index is 15.0. The van der Waals surface area contributed by atoms with Crippen LogP contribution in [0.3, 0.4) is 0 Å². The second kappa shape index (κ2) is 16.5. The molecule has 5 aromatic rings. The maximum absolute atomic E-state index is 15.0. The Balaban J connectivity index is 1.65. The smallest absolute Gasteiger partial charge is 0.338 e. The monoisotopic (exact) mass is 660 g/mol. The van der Waals surface area contributed by atoms with Crippen LogP contribution >= 0.6 is 0 Å². The summed E-state index contributed by atoms with van der Waals surface area (Å²) in [6, 6.07) is 36.9. The van der Waals surface area contributed by atoms with Gasteiger partial charge in [0.1, 0.15) is 59.5 Å². The standard InChI is InChI=1S/C41H40O8/c1-41(2,3)49-40(43)32-23-35(46-26-30-17-10-6-11-18-30)38(36(24-32)47-27-31-19-12-7-13-20-31)39(42)37-33(21-14-22-34(37)48-28-44-4)45-25-29-15-8-5-9-16-29/h5-24H,25-28H2,1-4H3. The summed E-state index contributed by atoms with van der Waals surface area (Å²) in [4.78, 5) is 28.4. The van der Waals surface area contributed by atoms with E-state index in [9.17, 15) is 9.59 Å². The van der Waals surface area contributed by atoms with Crippen LogP contribution in [0, 0.1) is 0 Å². The summed E-state index contributed by atoms with van der Waals surface area (Å²) >= 11 is 0. The molecule has 5 aromatic carbocycles. The Kier molecular flexibility index (Phi) is 11.7. The second-order valence-electron chi connectivity index (χ2n) is 12.2. The van der Waals surface area contributed by atoms with Gasteiger partial charge in [0.15, 0.2) is 6.79 Å². The molecule has 0 aliphatic heterocycles. The highest BCUT2D eigenvalue weighted by molar-refractivity contribution is 6.16. The van der Waals surface area contributed by atoms with E-state index in [0.29, 0.717) is 5.75 Å². The van der Waals surface area contributed by atoms with Gasteiger partial charge in [-0.05, 0) is 61.7 Å². The molecule has 0 bridgehead atoms.